The van der Waals surface area contributed by atoms with E-state index in [-0.39, 0.29) is 10.9 Å². The topological polar surface area (TPSA) is 70.9 Å². The molecule has 4 N–H and O–H groups in total. The van der Waals surface area contributed by atoms with Crippen molar-refractivity contribution < 1.29 is 9.18 Å². The highest BCUT2D eigenvalue weighted by Crippen LogP contribution is 2.25. The van der Waals surface area contributed by atoms with E-state index in [1.807, 2.05) is 0 Å². The Balaban J connectivity index is 1.94. The number of rotatable bonds is 2. The van der Waals surface area contributed by atoms with Crippen LogP contribution < -0.4 is 11.1 Å². The number of amides is 1. The van der Waals surface area contributed by atoms with Gasteiger partial charge >= 0.3 is 0 Å². The fraction of sp³-hybridized carbons (Fsp3) is 0. The summed E-state index contributed by atoms with van der Waals surface area (Å²) in [5.74, 6) is -0.792. The van der Waals surface area contributed by atoms with E-state index in [9.17, 15) is 9.18 Å². The van der Waals surface area contributed by atoms with Crippen molar-refractivity contribution >= 4 is 39.8 Å². The number of carbonyl (C=O) groups excluding carboxylic acids is 1. The second-order valence-electron chi connectivity index (χ2n) is 4.59. The highest BCUT2D eigenvalue weighted by molar-refractivity contribution is 6.34. The average molecular weight is 304 g/mol. The fourth-order valence-electron chi connectivity index (χ4n) is 2.11. The SMILES string of the molecule is Nc1ccc2c(C(=O)Nc3ccc(F)cc3Cl)c[nH]c2c1. The standard InChI is InChI=1S/C15H11ClFN3O/c16-12-5-8(17)1-4-13(12)20-15(21)11-7-19-14-6-9(18)2-3-10(11)14/h1-7,19H,18H2,(H,20,21). The van der Waals surface area contributed by atoms with Crippen LogP contribution in [0.3, 0.4) is 0 Å². The van der Waals surface area contributed by atoms with Crippen molar-refractivity contribution in [2.45, 2.75) is 0 Å². The molecule has 2 aromatic carbocycles. The maximum Gasteiger partial charge on any atom is 0.257 e. The molecule has 0 aliphatic heterocycles. The summed E-state index contributed by atoms with van der Waals surface area (Å²) >= 11 is 5.89. The summed E-state index contributed by atoms with van der Waals surface area (Å²) in [5, 5.41) is 3.55. The summed E-state index contributed by atoms with van der Waals surface area (Å²) in [6.45, 7) is 0. The van der Waals surface area contributed by atoms with Crippen LogP contribution in [0.25, 0.3) is 10.9 Å². The van der Waals surface area contributed by atoms with Crippen LogP contribution in [0.1, 0.15) is 10.4 Å². The fourth-order valence-corrected chi connectivity index (χ4v) is 2.33. The van der Waals surface area contributed by atoms with Crippen LogP contribution in [0.15, 0.2) is 42.6 Å². The first-order valence-corrected chi connectivity index (χ1v) is 6.55. The molecule has 1 aromatic heterocycles. The minimum Gasteiger partial charge on any atom is -0.399 e. The third kappa shape index (κ3) is 2.55. The minimum atomic E-state index is -0.458. The van der Waals surface area contributed by atoms with E-state index in [0.717, 1.165) is 17.0 Å². The molecule has 0 unspecified atom stereocenters. The number of aromatic amines is 1. The Morgan fingerprint density at radius 3 is 2.81 bits per heavy atom. The van der Waals surface area contributed by atoms with Gasteiger partial charge in [0, 0.05) is 22.8 Å². The van der Waals surface area contributed by atoms with Crippen LogP contribution in [0.4, 0.5) is 15.8 Å². The summed E-state index contributed by atoms with van der Waals surface area (Å²) in [4.78, 5) is 15.3. The Labute approximate surface area is 124 Å². The molecule has 0 saturated carbocycles. The number of fused-ring (bicyclic) bond motifs is 1. The van der Waals surface area contributed by atoms with Gasteiger partial charge in [0.2, 0.25) is 0 Å². The molecule has 6 heteroatoms. The van der Waals surface area contributed by atoms with Gasteiger partial charge in [0.25, 0.3) is 5.91 Å². The van der Waals surface area contributed by atoms with Crippen molar-refractivity contribution in [2.75, 3.05) is 11.1 Å². The molecule has 0 atom stereocenters. The van der Waals surface area contributed by atoms with Crippen LogP contribution >= 0.6 is 11.6 Å². The summed E-state index contributed by atoms with van der Waals surface area (Å²) in [5.41, 5.74) is 7.89. The first-order chi connectivity index (χ1) is 10.0. The van der Waals surface area contributed by atoms with Gasteiger partial charge in [-0.25, -0.2) is 4.39 Å². The van der Waals surface area contributed by atoms with Crippen molar-refractivity contribution in [3.05, 3.63) is 59.0 Å². The van der Waals surface area contributed by atoms with E-state index >= 15 is 0 Å². The highest BCUT2D eigenvalue weighted by atomic mass is 35.5. The van der Waals surface area contributed by atoms with Gasteiger partial charge in [0.05, 0.1) is 16.3 Å². The van der Waals surface area contributed by atoms with Gasteiger partial charge in [-0.05, 0) is 36.4 Å². The maximum atomic E-state index is 13.0. The van der Waals surface area contributed by atoms with Crippen molar-refractivity contribution in [2.24, 2.45) is 0 Å². The number of halogens is 2. The third-order valence-corrected chi connectivity index (χ3v) is 3.44. The number of hydrogen-bond donors (Lipinski definition) is 3. The Morgan fingerprint density at radius 2 is 2.05 bits per heavy atom. The van der Waals surface area contributed by atoms with Crippen LogP contribution in [0, 0.1) is 5.82 Å². The molecular weight excluding hydrogens is 293 g/mol. The summed E-state index contributed by atoms with van der Waals surface area (Å²) in [6, 6.07) is 9.03. The minimum absolute atomic E-state index is 0.146. The van der Waals surface area contributed by atoms with Gasteiger partial charge in [-0.1, -0.05) is 11.6 Å². The Morgan fingerprint density at radius 1 is 1.24 bits per heavy atom. The number of carbonyl (C=O) groups is 1. The van der Waals surface area contributed by atoms with Crippen LogP contribution in [-0.4, -0.2) is 10.9 Å². The monoisotopic (exact) mass is 303 g/mol. The quantitative estimate of drug-likeness (QED) is 0.630. The molecule has 0 aliphatic rings. The van der Waals surface area contributed by atoms with Crippen molar-refractivity contribution in [1.82, 2.24) is 4.98 Å². The van der Waals surface area contributed by atoms with Gasteiger partial charge in [0.1, 0.15) is 5.82 Å². The zero-order valence-electron chi connectivity index (χ0n) is 10.8. The van der Waals surface area contributed by atoms with E-state index < -0.39 is 5.82 Å². The van der Waals surface area contributed by atoms with Crippen molar-refractivity contribution in [3.8, 4) is 0 Å². The number of H-pyrrole nitrogens is 1. The number of nitrogen functional groups attached to an aromatic ring is 1. The molecule has 1 amide bonds. The summed E-state index contributed by atoms with van der Waals surface area (Å²) < 4.78 is 13.0. The lowest BCUT2D eigenvalue weighted by molar-refractivity contribution is 0.102. The molecule has 21 heavy (non-hydrogen) atoms. The lowest BCUT2D eigenvalue weighted by atomic mass is 10.1. The number of benzene rings is 2. The second-order valence-corrected chi connectivity index (χ2v) is 4.99. The number of anilines is 2. The van der Waals surface area contributed by atoms with Crippen molar-refractivity contribution in [1.29, 1.82) is 0 Å². The number of nitrogens with one attached hydrogen (secondary N) is 2. The van der Waals surface area contributed by atoms with Gasteiger partial charge in [-0.3, -0.25) is 4.79 Å². The summed E-state index contributed by atoms with van der Waals surface area (Å²) in [6.07, 6.45) is 1.59. The van der Waals surface area contributed by atoms with Crippen LogP contribution in [0.2, 0.25) is 5.02 Å². The lowest BCUT2D eigenvalue weighted by Crippen LogP contribution is -2.11. The molecule has 0 aliphatic carbocycles. The second kappa shape index (κ2) is 5.10. The first-order valence-electron chi connectivity index (χ1n) is 6.17. The summed E-state index contributed by atoms with van der Waals surface area (Å²) in [7, 11) is 0. The van der Waals surface area contributed by atoms with E-state index in [1.54, 1.807) is 24.4 Å². The molecule has 0 bridgehead atoms. The van der Waals surface area contributed by atoms with E-state index in [2.05, 4.69) is 10.3 Å². The van der Waals surface area contributed by atoms with Crippen LogP contribution in [-0.2, 0) is 0 Å². The van der Waals surface area contributed by atoms with E-state index in [4.69, 9.17) is 17.3 Å². The Bertz CT molecular complexity index is 844. The molecular formula is C15H11ClFN3O. The Hall–Kier alpha value is -2.53. The van der Waals surface area contributed by atoms with Gasteiger partial charge in [-0.2, -0.15) is 0 Å². The largest absolute Gasteiger partial charge is 0.399 e. The molecule has 106 valence electrons. The number of aromatic nitrogens is 1. The number of nitrogens with two attached hydrogens (primary N) is 1. The molecule has 0 spiro atoms. The lowest BCUT2D eigenvalue weighted by Gasteiger charge is -2.06. The normalized spacial score (nSPS) is 10.8. The zero-order chi connectivity index (χ0) is 15.0. The molecule has 1 heterocycles. The third-order valence-electron chi connectivity index (χ3n) is 3.13. The molecule has 0 radical (unpaired) electrons. The smallest absolute Gasteiger partial charge is 0.257 e. The maximum absolute atomic E-state index is 13.0. The predicted octanol–water partition coefficient (Wildman–Crippen LogP) is 3.79. The highest BCUT2D eigenvalue weighted by Gasteiger charge is 2.13. The average Bonchev–Trinajstić information content (AvgIpc) is 2.84. The predicted molar refractivity (Wildman–Crippen MR) is 82.1 cm³/mol. The van der Waals surface area contributed by atoms with Gasteiger partial charge < -0.3 is 16.0 Å². The van der Waals surface area contributed by atoms with Gasteiger partial charge in [-0.15, -0.1) is 0 Å². The number of hydrogen-bond acceptors (Lipinski definition) is 2. The van der Waals surface area contributed by atoms with E-state index in [0.29, 0.717) is 16.9 Å². The first kappa shape index (κ1) is 13.5. The van der Waals surface area contributed by atoms with Gasteiger partial charge in [0.15, 0.2) is 0 Å². The molecule has 3 rings (SSSR count). The van der Waals surface area contributed by atoms with Crippen molar-refractivity contribution in [3.63, 3.8) is 0 Å². The molecule has 4 nitrogen and oxygen atoms in total. The van der Waals surface area contributed by atoms with E-state index in [1.165, 1.54) is 12.1 Å². The van der Waals surface area contributed by atoms with Crippen LogP contribution in [0.5, 0.6) is 0 Å². The Kier molecular flexibility index (Phi) is 3.27. The molecule has 0 saturated heterocycles. The molecule has 3 aromatic rings. The zero-order valence-corrected chi connectivity index (χ0v) is 11.5. The molecule has 0 fully saturated rings.